The molecule has 0 heterocycles. The first-order valence-corrected chi connectivity index (χ1v) is 35.6. The summed E-state index contributed by atoms with van der Waals surface area (Å²) in [4.78, 5) is 0. The standard InChI is InChI=1S/C51H79NO6P2S2Si2/c1-10-16-38-63(39-17-11-2,40-18-12-3)46-34-30-44(31-35-46)59(45-32-36-47(37-33-45)64(41-19-13-4,42-20-14-5)43-21-15-6)52(7)60(50-28-24-22-26-48(50)57-61(8,53)54)51-29-25-23-27-49(51)58-62(9,55)56/h22-37H,10-21,38-43H2,1-9H3. The highest BCUT2D eigenvalue weighted by atomic mass is 32.2. The Balaban J connectivity index is 2.05. The summed E-state index contributed by atoms with van der Waals surface area (Å²) in [7, 11) is -12.2. The van der Waals surface area contributed by atoms with Crippen molar-refractivity contribution in [3.63, 3.8) is 0 Å². The lowest BCUT2D eigenvalue weighted by Gasteiger charge is -2.38. The van der Waals surface area contributed by atoms with Crippen molar-refractivity contribution in [1.82, 2.24) is 4.44 Å². The number of benzene rings is 4. The van der Waals surface area contributed by atoms with Gasteiger partial charge < -0.3 is 8.37 Å². The Morgan fingerprint density at radius 1 is 0.438 bits per heavy atom. The van der Waals surface area contributed by atoms with Gasteiger partial charge in [-0.25, -0.2) is 4.44 Å². The minimum Gasteiger partial charge on any atom is -0.382 e. The van der Waals surface area contributed by atoms with E-state index in [1.54, 1.807) is 34.6 Å². The fraction of sp³-hybridized carbons (Fsp3) is 0.529. The van der Waals surface area contributed by atoms with Crippen molar-refractivity contribution in [1.29, 1.82) is 0 Å². The fourth-order valence-corrected chi connectivity index (χ4v) is 27.3. The molecule has 0 aliphatic heterocycles. The van der Waals surface area contributed by atoms with Gasteiger partial charge in [-0.3, -0.25) is 0 Å². The Bertz CT molecular complexity index is 2030. The molecule has 64 heavy (non-hydrogen) atoms. The Labute approximate surface area is 394 Å². The average Bonchev–Trinajstić information content (AvgIpc) is 3.27. The first-order chi connectivity index (χ1) is 30.6. The van der Waals surface area contributed by atoms with Crippen LogP contribution in [0.25, 0.3) is 0 Å². The minimum absolute atomic E-state index is 0.217. The molecule has 4 aromatic rings. The van der Waals surface area contributed by atoms with Crippen LogP contribution in [0.2, 0.25) is 36.3 Å². The van der Waals surface area contributed by atoms with E-state index in [1.807, 2.05) is 24.3 Å². The van der Waals surface area contributed by atoms with E-state index in [0.717, 1.165) is 12.5 Å². The van der Waals surface area contributed by atoms with Crippen molar-refractivity contribution in [2.75, 3.05) is 19.6 Å². The molecule has 0 fully saturated rings. The predicted molar refractivity (Wildman–Crippen MR) is 286 cm³/mol. The van der Waals surface area contributed by atoms with Crippen molar-refractivity contribution in [3.8, 4) is 11.5 Å². The van der Waals surface area contributed by atoms with E-state index in [2.05, 4.69) is 102 Å². The van der Waals surface area contributed by atoms with Crippen molar-refractivity contribution in [2.45, 2.75) is 155 Å². The van der Waals surface area contributed by atoms with Crippen molar-refractivity contribution >= 4 is 84.1 Å². The fourth-order valence-electron chi connectivity index (χ4n) is 9.37. The molecule has 0 aliphatic carbocycles. The molecule has 0 aromatic heterocycles. The molecule has 13 heteroatoms. The highest BCUT2D eigenvalue weighted by Crippen LogP contribution is 2.55. The lowest BCUT2D eigenvalue weighted by atomic mass is 10.3. The summed E-state index contributed by atoms with van der Waals surface area (Å²) in [6.45, 7) is 13.9. The molecule has 0 saturated carbocycles. The van der Waals surface area contributed by atoms with E-state index in [4.69, 9.17) is 8.37 Å². The van der Waals surface area contributed by atoms with E-state index in [1.165, 1.54) is 124 Å². The van der Waals surface area contributed by atoms with Crippen LogP contribution >= 0.6 is 16.1 Å². The van der Waals surface area contributed by atoms with Crippen molar-refractivity contribution in [2.24, 2.45) is 0 Å². The summed E-state index contributed by atoms with van der Waals surface area (Å²) in [6, 6.07) is 41.8. The number of nitrogens with zero attached hydrogens (tertiary/aromatic N) is 1. The Morgan fingerprint density at radius 2 is 0.719 bits per heavy atom. The van der Waals surface area contributed by atoms with E-state index in [9.17, 15) is 16.8 Å². The SMILES string of the molecule is CCCC[Si](CCCC)(CCCC)c1ccc(P(c2ccc([Si](CCCC)(CCCC)CCCC)cc2)N(C)P(c2ccccc2OS(C)(=O)=O)c2ccccc2OS(C)(=O)=O)cc1. The molecule has 0 radical (unpaired) electrons. The van der Waals surface area contributed by atoms with Crippen LogP contribution in [0.3, 0.4) is 0 Å². The van der Waals surface area contributed by atoms with Crippen LogP contribution in [0, 0.1) is 0 Å². The van der Waals surface area contributed by atoms with Crippen molar-refractivity contribution < 1.29 is 25.2 Å². The maximum atomic E-state index is 12.8. The highest BCUT2D eigenvalue weighted by molar-refractivity contribution is 7.87. The zero-order chi connectivity index (χ0) is 46.8. The molecule has 0 N–H and O–H groups in total. The van der Waals surface area contributed by atoms with Crippen LogP contribution in [-0.2, 0) is 20.2 Å². The number of para-hydroxylation sites is 2. The lowest BCUT2D eigenvalue weighted by molar-refractivity contribution is 0.493. The third-order valence-corrected chi connectivity index (χ3v) is 30.2. The second kappa shape index (κ2) is 26.2. The van der Waals surface area contributed by atoms with E-state index >= 15 is 0 Å². The topological polar surface area (TPSA) is 90.0 Å². The molecule has 7 nitrogen and oxygen atoms in total. The summed E-state index contributed by atoms with van der Waals surface area (Å²) >= 11 is 0. The van der Waals surface area contributed by atoms with Gasteiger partial charge in [-0.1, -0.05) is 238 Å². The smallest absolute Gasteiger partial charge is 0.306 e. The van der Waals surface area contributed by atoms with E-state index in [0.29, 0.717) is 10.6 Å². The highest BCUT2D eigenvalue weighted by Gasteiger charge is 2.37. The Hall–Kier alpha value is -2.37. The molecule has 4 aromatic carbocycles. The monoisotopic (exact) mass is 983 g/mol. The van der Waals surface area contributed by atoms with Gasteiger partial charge in [-0.15, -0.1) is 0 Å². The van der Waals surface area contributed by atoms with Gasteiger partial charge in [0.2, 0.25) is 0 Å². The largest absolute Gasteiger partial charge is 0.382 e. The van der Waals surface area contributed by atoms with Crippen LogP contribution in [0.5, 0.6) is 11.5 Å². The quantitative estimate of drug-likeness (QED) is 0.0292. The van der Waals surface area contributed by atoms with Crippen LogP contribution in [0.1, 0.15) is 119 Å². The van der Waals surface area contributed by atoms with Crippen molar-refractivity contribution in [3.05, 3.63) is 97.1 Å². The summed E-state index contributed by atoms with van der Waals surface area (Å²) in [5.74, 6) is 0.435. The molecule has 0 atom stereocenters. The normalized spacial score (nSPS) is 12.7. The summed E-state index contributed by atoms with van der Waals surface area (Å²) < 4.78 is 65.1. The summed E-state index contributed by atoms with van der Waals surface area (Å²) in [5.41, 5.74) is 0. The molecule has 0 spiro atoms. The number of hydrogen-bond donors (Lipinski definition) is 0. The third kappa shape index (κ3) is 15.3. The van der Waals surface area contributed by atoms with Gasteiger partial charge in [0.1, 0.15) is 0 Å². The predicted octanol–water partition coefficient (Wildman–Crippen LogP) is 11.8. The van der Waals surface area contributed by atoms with Gasteiger partial charge in [-0.2, -0.15) is 16.8 Å². The lowest BCUT2D eigenvalue weighted by Crippen LogP contribution is -2.48. The van der Waals surface area contributed by atoms with Gasteiger partial charge in [0, 0.05) is 26.8 Å². The molecular formula is C51H79NO6P2S2Si2. The number of rotatable bonds is 30. The summed E-state index contributed by atoms with van der Waals surface area (Å²) in [6.07, 6.45) is 16.9. The molecule has 0 aliphatic rings. The first-order valence-electron chi connectivity index (χ1n) is 24.1. The molecule has 0 amide bonds. The maximum Gasteiger partial charge on any atom is 0.306 e. The molecule has 0 bridgehead atoms. The van der Waals surface area contributed by atoms with Crippen LogP contribution < -0.4 is 40.0 Å². The Kier molecular flexibility index (Phi) is 22.2. The van der Waals surface area contributed by atoms with E-state index in [-0.39, 0.29) is 11.5 Å². The second-order valence-electron chi connectivity index (χ2n) is 17.9. The molecule has 0 unspecified atom stereocenters. The Morgan fingerprint density at radius 3 is 0.984 bits per heavy atom. The zero-order valence-electron chi connectivity index (χ0n) is 40.6. The molecule has 4 rings (SSSR count). The second-order valence-corrected chi connectivity index (χ2v) is 35.1. The number of unbranched alkanes of at least 4 members (excludes halogenated alkanes) is 6. The van der Waals surface area contributed by atoms with Gasteiger partial charge in [0.25, 0.3) is 0 Å². The number of hydrogen-bond acceptors (Lipinski definition) is 7. The summed E-state index contributed by atoms with van der Waals surface area (Å²) in [5, 5.41) is 6.82. The maximum absolute atomic E-state index is 12.8. The van der Waals surface area contributed by atoms with Gasteiger partial charge in [0.15, 0.2) is 11.5 Å². The van der Waals surface area contributed by atoms with Crippen LogP contribution in [0.4, 0.5) is 0 Å². The van der Waals surface area contributed by atoms with Crippen LogP contribution in [0.15, 0.2) is 97.1 Å². The third-order valence-electron chi connectivity index (χ3n) is 12.7. The minimum atomic E-state index is -3.91. The first kappa shape index (κ1) is 54.2. The van der Waals surface area contributed by atoms with Gasteiger partial charge in [0.05, 0.1) is 28.7 Å². The van der Waals surface area contributed by atoms with E-state index < -0.39 is 52.5 Å². The van der Waals surface area contributed by atoms with Crippen LogP contribution in [-0.4, -0.2) is 57.0 Å². The van der Waals surface area contributed by atoms with Gasteiger partial charge >= 0.3 is 20.2 Å². The molecule has 354 valence electrons. The average molecular weight is 984 g/mol. The molecule has 0 saturated heterocycles. The molecular weight excluding hydrogens is 905 g/mol. The zero-order valence-corrected chi connectivity index (χ0v) is 46.0. The van der Waals surface area contributed by atoms with Gasteiger partial charge in [-0.05, 0) is 41.9 Å².